The lowest BCUT2D eigenvalue weighted by Gasteiger charge is -2.26. The van der Waals surface area contributed by atoms with Gasteiger partial charge in [-0.05, 0) is 43.9 Å². The van der Waals surface area contributed by atoms with Crippen LogP contribution in [0.2, 0.25) is 0 Å². The highest BCUT2D eigenvalue weighted by Gasteiger charge is 2.23. The number of nitrogen functional groups attached to an aromatic ring is 1. The number of nitrogens with two attached hydrogens (primary N) is 1. The topological polar surface area (TPSA) is 75.4 Å². The van der Waals surface area contributed by atoms with Crippen molar-refractivity contribution in [3.63, 3.8) is 0 Å². The first kappa shape index (κ1) is 13.4. The van der Waals surface area contributed by atoms with Crippen molar-refractivity contribution in [2.75, 3.05) is 24.1 Å². The van der Waals surface area contributed by atoms with Gasteiger partial charge in [0, 0.05) is 13.1 Å². The van der Waals surface area contributed by atoms with E-state index in [-0.39, 0.29) is 0 Å². The molecule has 1 aliphatic heterocycles. The molecule has 0 bridgehead atoms. The monoisotopic (exact) mass is 261 g/mol. The molecule has 0 radical (unpaired) electrons. The molecule has 5 nitrogen and oxygen atoms in total. The molecule has 1 aromatic carbocycles. The first-order chi connectivity index (χ1) is 9.08. The molecule has 19 heavy (non-hydrogen) atoms. The molecule has 1 aromatic rings. The van der Waals surface area contributed by atoms with Gasteiger partial charge in [0.05, 0.1) is 11.4 Å². The van der Waals surface area contributed by atoms with Gasteiger partial charge in [0.2, 0.25) is 0 Å². The average molecular weight is 261 g/mol. The number of hydrogen-bond donors (Lipinski definition) is 2. The Labute approximate surface area is 112 Å². The predicted molar refractivity (Wildman–Crippen MR) is 74.7 cm³/mol. The van der Waals surface area contributed by atoms with Gasteiger partial charge >= 0.3 is 11.8 Å². The summed E-state index contributed by atoms with van der Waals surface area (Å²) in [6, 6.07) is 5.34. The van der Waals surface area contributed by atoms with Crippen LogP contribution in [0.25, 0.3) is 0 Å². The summed E-state index contributed by atoms with van der Waals surface area (Å²) in [6.07, 6.45) is 3.05. The average Bonchev–Trinajstić information content (AvgIpc) is 2.43. The Hall–Kier alpha value is -2.04. The molecule has 1 fully saturated rings. The lowest BCUT2D eigenvalue weighted by molar-refractivity contribution is -0.143. The zero-order valence-electron chi connectivity index (χ0n) is 11.1. The molecule has 102 valence electrons. The molecule has 0 spiro atoms. The first-order valence-corrected chi connectivity index (χ1v) is 6.54. The third-order valence-corrected chi connectivity index (χ3v) is 3.29. The number of carbonyl (C=O) groups excluding carboxylic acids is 2. The normalized spacial score (nSPS) is 15.1. The molecule has 2 rings (SSSR count). The van der Waals surface area contributed by atoms with E-state index >= 15 is 0 Å². The van der Waals surface area contributed by atoms with Crippen molar-refractivity contribution in [3.8, 4) is 0 Å². The highest BCUT2D eigenvalue weighted by atomic mass is 16.2. The number of aryl methyl sites for hydroxylation is 1. The van der Waals surface area contributed by atoms with Crippen LogP contribution in [0, 0.1) is 6.92 Å². The lowest BCUT2D eigenvalue weighted by atomic mass is 10.1. The van der Waals surface area contributed by atoms with Crippen LogP contribution in [0.1, 0.15) is 24.8 Å². The van der Waals surface area contributed by atoms with Crippen LogP contribution in [0.4, 0.5) is 11.4 Å². The number of hydrogen-bond acceptors (Lipinski definition) is 3. The SMILES string of the molecule is Cc1ccc(N)c(NC(=O)C(=O)N2CCCCC2)c1. The molecule has 3 N–H and O–H groups in total. The second-order valence-corrected chi connectivity index (χ2v) is 4.90. The zero-order valence-corrected chi connectivity index (χ0v) is 11.1. The number of likely N-dealkylation sites (tertiary alicyclic amines) is 1. The second kappa shape index (κ2) is 5.73. The van der Waals surface area contributed by atoms with Gasteiger partial charge in [-0.1, -0.05) is 6.07 Å². The number of amides is 2. The van der Waals surface area contributed by atoms with Gasteiger partial charge in [0.15, 0.2) is 0 Å². The molecule has 1 saturated heterocycles. The number of carbonyl (C=O) groups is 2. The Kier molecular flexibility index (Phi) is 4.04. The molecule has 0 atom stereocenters. The van der Waals surface area contributed by atoms with Crippen LogP contribution >= 0.6 is 0 Å². The molecular formula is C14H19N3O2. The summed E-state index contributed by atoms with van der Waals surface area (Å²) >= 11 is 0. The summed E-state index contributed by atoms with van der Waals surface area (Å²) in [5.74, 6) is -1.08. The summed E-state index contributed by atoms with van der Waals surface area (Å²) in [4.78, 5) is 25.5. The third-order valence-electron chi connectivity index (χ3n) is 3.29. The fraction of sp³-hybridized carbons (Fsp3) is 0.429. The van der Waals surface area contributed by atoms with Crippen molar-refractivity contribution in [3.05, 3.63) is 23.8 Å². The highest BCUT2D eigenvalue weighted by Crippen LogP contribution is 2.19. The maximum Gasteiger partial charge on any atom is 0.313 e. The number of rotatable bonds is 1. The molecule has 5 heteroatoms. The number of nitrogens with one attached hydrogen (secondary N) is 1. The van der Waals surface area contributed by atoms with Crippen LogP contribution < -0.4 is 11.1 Å². The molecule has 0 saturated carbocycles. The second-order valence-electron chi connectivity index (χ2n) is 4.90. The van der Waals surface area contributed by atoms with E-state index in [1.54, 1.807) is 17.0 Å². The Morgan fingerprint density at radius 3 is 2.58 bits per heavy atom. The van der Waals surface area contributed by atoms with Gasteiger partial charge in [-0.25, -0.2) is 0 Å². The van der Waals surface area contributed by atoms with Gasteiger partial charge < -0.3 is 16.0 Å². The minimum Gasteiger partial charge on any atom is -0.397 e. The first-order valence-electron chi connectivity index (χ1n) is 6.54. The minimum atomic E-state index is -0.612. The van der Waals surface area contributed by atoms with Crippen LogP contribution in [0.3, 0.4) is 0 Å². The van der Waals surface area contributed by atoms with E-state index in [0.717, 1.165) is 24.8 Å². The number of piperidine rings is 1. The summed E-state index contributed by atoms with van der Waals surface area (Å²) in [6.45, 7) is 3.23. The van der Waals surface area contributed by atoms with Gasteiger partial charge in [0.25, 0.3) is 0 Å². The smallest absolute Gasteiger partial charge is 0.313 e. The maximum absolute atomic E-state index is 12.0. The van der Waals surface area contributed by atoms with E-state index in [0.29, 0.717) is 24.5 Å². The quantitative estimate of drug-likeness (QED) is 0.594. The number of anilines is 2. The number of benzene rings is 1. The number of nitrogens with zero attached hydrogens (tertiary/aromatic N) is 1. The van der Waals surface area contributed by atoms with Crippen molar-refractivity contribution < 1.29 is 9.59 Å². The van der Waals surface area contributed by atoms with Gasteiger partial charge in [-0.15, -0.1) is 0 Å². The largest absolute Gasteiger partial charge is 0.397 e. The predicted octanol–water partition coefficient (Wildman–Crippen LogP) is 1.53. The Bertz CT molecular complexity index is 493. The minimum absolute atomic E-state index is 0.463. The maximum atomic E-state index is 12.0. The van der Waals surface area contributed by atoms with Crippen molar-refractivity contribution in [1.82, 2.24) is 4.90 Å². The summed E-state index contributed by atoms with van der Waals surface area (Å²) < 4.78 is 0. The molecule has 0 unspecified atom stereocenters. The van der Waals surface area contributed by atoms with Crippen molar-refractivity contribution in [2.45, 2.75) is 26.2 Å². The van der Waals surface area contributed by atoms with Crippen molar-refractivity contribution >= 4 is 23.2 Å². The highest BCUT2D eigenvalue weighted by molar-refractivity contribution is 6.39. The summed E-state index contributed by atoms with van der Waals surface area (Å²) in [5.41, 5.74) is 7.72. The summed E-state index contributed by atoms with van der Waals surface area (Å²) in [5, 5.41) is 2.59. The zero-order chi connectivity index (χ0) is 13.8. The molecule has 0 aromatic heterocycles. The van der Waals surface area contributed by atoms with Crippen LogP contribution in [0.15, 0.2) is 18.2 Å². The lowest BCUT2D eigenvalue weighted by Crippen LogP contribution is -2.42. The van der Waals surface area contributed by atoms with Crippen molar-refractivity contribution in [1.29, 1.82) is 0 Å². The van der Waals surface area contributed by atoms with E-state index in [9.17, 15) is 9.59 Å². The molecule has 1 aliphatic rings. The van der Waals surface area contributed by atoms with E-state index in [2.05, 4.69) is 5.32 Å². The Morgan fingerprint density at radius 2 is 1.89 bits per heavy atom. The Morgan fingerprint density at radius 1 is 1.21 bits per heavy atom. The molecule has 2 amide bonds. The van der Waals surface area contributed by atoms with Crippen LogP contribution in [-0.2, 0) is 9.59 Å². The molecule has 1 heterocycles. The molecular weight excluding hydrogens is 242 g/mol. The van der Waals surface area contributed by atoms with Gasteiger partial charge in [0.1, 0.15) is 0 Å². The molecule has 0 aliphatic carbocycles. The fourth-order valence-corrected chi connectivity index (χ4v) is 2.19. The van der Waals surface area contributed by atoms with Crippen molar-refractivity contribution in [2.24, 2.45) is 0 Å². The van der Waals surface area contributed by atoms with Crippen LogP contribution in [0.5, 0.6) is 0 Å². The standard InChI is InChI=1S/C14H19N3O2/c1-10-5-6-11(15)12(9-10)16-13(18)14(19)17-7-3-2-4-8-17/h5-6,9H,2-4,7-8,15H2,1H3,(H,16,18). The van der Waals surface area contributed by atoms with Gasteiger partial charge in [-0.2, -0.15) is 0 Å². The third kappa shape index (κ3) is 3.24. The van der Waals surface area contributed by atoms with Gasteiger partial charge in [-0.3, -0.25) is 9.59 Å². The van der Waals surface area contributed by atoms with E-state index < -0.39 is 11.8 Å². The summed E-state index contributed by atoms with van der Waals surface area (Å²) in [7, 11) is 0. The van der Waals surface area contributed by atoms with E-state index in [1.165, 1.54) is 0 Å². The van der Waals surface area contributed by atoms with E-state index in [1.807, 2.05) is 13.0 Å². The van der Waals surface area contributed by atoms with E-state index in [4.69, 9.17) is 5.73 Å². The fourth-order valence-electron chi connectivity index (χ4n) is 2.19. The van der Waals surface area contributed by atoms with Crippen LogP contribution in [-0.4, -0.2) is 29.8 Å². The Balaban J connectivity index is 2.03.